The van der Waals surface area contributed by atoms with Gasteiger partial charge in [0, 0.05) is 13.0 Å². The molecular weight excluding hydrogens is 306 g/mol. The number of allylic oxidation sites excluding steroid dienone is 8. The molecule has 0 aromatic carbocycles. The molecule has 0 aromatic rings. The third-order valence-corrected chi connectivity index (χ3v) is 3.80. The van der Waals surface area contributed by atoms with Crippen LogP contribution in [0.4, 0.5) is 0 Å². The fourth-order valence-corrected chi connectivity index (χ4v) is 2.29. The number of amides is 1. The van der Waals surface area contributed by atoms with E-state index in [4.69, 9.17) is 0 Å². The van der Waals surface area contributed by atoms with Gasteiger partial charge in [-0.1, -0.05) is 75.3 Å². The molecule has 2 heteroatoms. The number of hydrogen-bond donors (Lipinski definition) is 1. The van der Waals surface area contributed by atoms with E-state index in [0.717, 1.165) is 45.1 Å². The van der Waals surface area contributed by atoms with Crippen molar-refractivity contribution in [1.29, 1.82) is 0 Å². The fourth-order valence-electron chi connectivity index (χ4n) is 2.29. The molecule has 0 rings (SSSR count). The number of nitrogens with one attached hydrogen (secondary N) is 1. The van der Waals surface area contributed by atoms with E-state index in [1.165, 1.54) is 25.7 Å². The summed E-state index contributed by atoms with van der Waals surface area (Å²) in [4.78, 5) is 11.4. The van der Waals surface area contributed by atoms with E-state index in [1.54, 1.807) is 0 Å². The van der Waals surface area contributed by atoms with Gasteiger partial charge in [0.2, 0.25) is 5.91 Å². The Hall–Kier alpha value is -1.57. The molecule has 0 saturated heterocycles. The first kappa shape index (κ1) is 23.4. The van der Waals surface area contributed by atoms with E-state index in [-0.39, 0.29) is 5.91 Å². The van der Waals surface area contributed by atoms with Crippen molar-refractivity contribution in [3.8, 4) is 0 Å². The van der Waals surface area contributed by atoms with Gasteiger partial charge in [-0.05, 0) is 51.4 Å². The molecule has 0 atom stereocenters. The van der Waals surface area contributed by atoms with E-state index in [1.807, 2.05) is 0 Å². The van der Waals surface area contributed by atoms with Gasteiger partial charge in [0.25, 0.3) is 0 Å². The summed E-state index contributed by atoms with van der Waals surface area (Å²) in [5.41, 5.74) is 0. The molecule has 0 aromatic heterocycles. The normalized spacial score (nSPS) is 12.2. The Bertz CT molecular complexity index is 404. The van der Waals surface area contributed by atoms with E-state index in [9.17, 15) is 4.79 Å². The lowest BCUT2D eigenvalue weighted by Gasteiger charge is -2.01. The molecule has 1 amide bonds. The molecule has 2 nitrogen and oxygen atoms in total. The van der Waals surface area contributed by atoms with Crippen LogP contribution in [0.3, 0.4) is 0 Å². The Morgan fingerprint density at radius 1 is 0.680 bits per heavy atom. The van der Waals surface area contributed by atoms with Gasteiger partial charge < -0.3 is 5.32 Å². The second-order valence-electron chi connectivity index (χ2n) is 6.33. The molecule has 0 aliphatic carbocycles. The number of rotatable bonds is 16. The van der Waals surface area contributed by atoms with Gasteiger partial charge in [-0.15, -0.1) is 0 Å². The highest BCUT2D eigenvalue weighted by Gasteiger charge is 1.97. The number of unbranched alkanes of at least 4 members (excludes halogenated alkanes) is 4. The van der Waals surface area contributed by atoms with Crippen molar-refractivity contribution in [2.75, 3.05) is 6.54 Å². The van der Waals surface area contributed by atoms with Crippen molar-refractivity contribution in [3.05, 3.63) is 48.6 Å². The molecule has 0 fully saturated rings. The summed E-state index contributed by atoms with van der Waals surface area (Å²) < 4.78 is 0. The average Bonchev–Trinajstić information content (AvgIpc) is 2.62. The van der Waals surface area contributed by atoms with Crippen LogP contribution in [0.2, 0.25) is 0 Å². The molecule has 0 aliphatic heterocycles. The summed E-state index contributed by atoms with van der Waals surface area (Å²) >= 11 is 0. The van der Waals surface area contributed by atoms with Crippen LogP contribution in [0.5, 0.6) is 0 Å². The highest BCUT2D eigenvalue weighted by molar-refractivity contribution is 5.75. The van der Waals surface area contributed by atoms with Crippen LogP contribution in [0.1, 0.15) is 84.5 Å². The van der Waals surface area contributed by atoms with Crippen LogP contribution in [-0.4, -0.2) is 12.5 Å². The van der Waals surface area contributed by atoms with Crippen molar-refractivity contribution in [3.63, 3.8) is 0 Å². The van der Waals surface area contributed by atoms with E-state index >= 15 is 0 Å². The third kappa shape index (κ3) is 20.4. The minimum atomic E-state index is 0.178. The summed E-state index contributed by atoms with van der Waals surface area (Å²) in [5.74, 6) is 0.178. The number of hydrogen-bond acceptors (Lipinski definition) is 1. The maximum atomic E-state index is 11.4. The molecule has 1 N–H and O–H groups in total. The Morgan fingerprint density at radius 3 is 1.72 bits per heavy atom. The highest BCUT2D eigenvalue weighted by Crippen LogP contribution is 2.01. The smallest absolute Gasteiger partial charge is 0.220 e. The SMILES string of the molecule is CCCCC/C=C/C/C=C/C/C=C/C/C=C/CCCC(=O)NCCC. The predicted octanol–water partition coefficient (Wildman–Crippen LogP) is 6.66. The summed E-state index contributed by atoms with van der Waals surface area (Å²) in [6.07, 6.45) is 29.6. The summed E-state index contributed by atoms with van der Waals surface area (Å²) in [7, 11) is 0. The fraction of sp³-hybridized carbons (Fsp3) is 0.609. The number of carbonyl (C=O) groups is 1. The Balaban J connectivity index is 3.44. The predicted molar refractivity (Wildman–Crippen MR) is 112 cm³/mol. The largest absolute Gasteiger partial charge is 0.356 e. The average molecular weight is 346 g/mol. The van der Waals surface area contributed by atoms with Crippen LogP contribution < -0.4 is 5.32 Å². The van der Waals surface area contributed by atoms with Crippen LogP contribution in [0, 0.1) is 0 Å². The molecule has 25 heavy (non-hydrogen) atoms. The zero-order chi connectivity index (χ0) is 18.4. The zero-order valence-corrected chi connectivity index (χ0v) is 16.5. The minimum absolute atomic E-state index is 0.178. The van der Waals surface area contributed by atoms with Gasteiger partial charge >= 0.3 is 0 Å². The molecule has 0 bridgehead atoms. The standard InChI is InChI=1S/C23H39NO/c1-3-5-6-7-8-9-10-11-12-13-14-15-16-17-18-19-20-21-23(25)24-22-4-2/h8-9,11-12,14-15,17-18H,3-7,10,13,16,19-22H2,1-2H3,(H,24,25)/b9-8+,12-11+,15-14+,18-17+. The maximum Gasteiger partial charge on any atom is 0.220 e. The molecule has 0 spiro atoms. The molecule has 0 aliphatic rings. The van der Waals surface area contributed by atoms with Gasteiger partial charge in [0.05, 0.1) is 0 Å². The highest BCUT2D eigenvalue weighted by atomic mass is 16.1. The lowest BCUT2D eigenvalue weighted by molar-refractivity contribution is -0.121. The Morgan fingerprint density at radius 2 is 1.20 bits per heavy atom. The topological polar surface area (TPSA) is 29.1 Å². The van der Waals surface area contributed by atoms with E-state index in [0.29, 0.717) is 6.42 Å². The van der Waals surface area contributed by atoms with Crippen LogP contribution in [-0.2, 0) is 4.79 Å². The lowest BCUT2D eigenvalue weighted by Crippen LogP contribution is -2.23. The summed E-state index contributed by atoms with van der Waals surface area (Å²) in [5, 5.41) is 2.90. The molecule has 0 unspecified atom stereocenters. The Kier molecular flexibility index (Phi) is 19.2. The first-order chi connectivity index (χ1) is 12.3. The lowest BCUT2D eigenvalue weighted by atomic mass is 10.2. The van der Waals surface area contributed by atoms with Gasteiger partial charge in [0.15, 0.2) is 0 Å². The first-order valence-electron chi connectivity index (χ1n) is 10.2. The molecule has 0 heterocycles. The third-order valence-electron chi connectivity index (χ3n) is 3.80. The van der Waals surface area contributed by atoms with Gasteiger partial charge in [-0.2, -0.15) is 0 Å². The summed E-state index contributed by atoms with van der Waals surface area (Å²) in [6.45, 7) is 5.10. The molecule has 142 valence electrons. The molecule has 0 saturated carbocycles. The number of carbonyl (C=O) groups excluding carboxylic acids is 1. The molecular formula is C23H39NO. The van der Waals surface area contributed by atoms with Crippen LogP contribution in [0.25, 0.3) is 0 Å². The van der Waals surface area contributed by atoms with E-state index in [2.05, 4.69) is 67.8 Å². The van der Waals surface area contributed by atoms with Gasteiger partial charge in [-0.25, -0.2) is 0 Å². The first-order valence-corrected chi connectivity index (χ1v) is 10.2. The molecule has 0 radical (unpaired) electrons. The van der Waals surface area contributed by atoms with E-state index < -0.39 is 0 Å². The quantitative estimate of drug-likeness (QED) is 0.246. The van der Waals surface area contributed by atoms with Crippen molar-refractivity contribution >= 4 is 5.91 Å². The minimum Gasteiger partial charge on any atom is -0.356 e. The van der Waals surface area contributed by atoms with Crippen molar-refractivity contribution in [2.24, 2.45) is 0 Å². The maximum absolute atomic E-state index is 11.4. The monoisotopic (exact) mass is 345 g/mol. The zero-order valence-electron chi connectivity index (χ0n) is 16.5. The second-order valence-corrected chi connectivity index (χ2v) is 6.33. The summed E-state index contributed by atoms with van der Waals surface area (Å²) in [6, 6.07) is 0. The van der Waals surface area contributed by atoms with Crippen molar-refractivity contribution in [2.45, 2.75) is 84.5 Å². The van der Waals surface area contributed by atoms with Crippen molar-refractivity contribution < 1.29 is 4.79 Å². The second kappa shape index (κ2) is 20.5. The van der Waals surface area contributed by atoms with Gasteiger partial charge in [-0.3, -0.25) is 4.79 Å². The van der Waals surface area contributed by atoms with Crippen LogP contribution in [0.15, 0.2) is 48.6 Å². The van der Waals surface area contributed by atoms with Crippen molar-refractivity contribution in [1.82, 2.24) is 5.32 Å². The Labute approximate surface area is 156 Å². The van der Waals surface area contributed by atoms with Gasteiger partial charge in [0.1, 0.15) is 0 Å². The van der Waals surface area contributed by atoms with Crippen LogP contribution >= 0.6 is 0 Å².